The minimum Gasteiger partial charge on any atom is -0.234 e. The van der Waals surface area contributed by atoms with E-state index < -0.39 is 11.0 Å². The van der Waals surface area contributed by atoms with Crippen molar-refractivity contribution in [2.75, 3.05) is 0 Å². The molecule has 0 fully saturated rings. The van der Waals surface area contributed by atoms with Crippen LogP contribution >= 0.6 is 0 Å². The zero-order valence-corrected chi connectivity index (χ0v) is 12.3. The van der Waals surface area contributed by atoms with Crippen molar-refractivity contribution in [3.8, 4) is 0 Å². The van der Waals surface area contributed by atoms with Gasteiger partial charge in [0.15, 0.2) is 0 Å². The second kappa shape index (κ2) is 7.99. The van der Waals surface area contributed by atoms with E-state index in [0.29, 0.717) is 0 Å². The fraction of sp³-hybridized carbons (Fsp3) is 0.923. The first-order valence-corrected chi connectivity index (χ1v) is 7.51. The standard InChI is InChI=1S/C13H27NOS/c1-6-8-10-12(11-9-7-2)14-16(15)13(3,4)5/h6-11H2,1-5H3/t16-/m1/s1. The quantitative estimate of drug-likeness (QED) is 0.616. The molecule has 0 saturated carbocycles. The Morgan fingerprint density at radius 1 is 1.06 bits per heavy atom. The van der Waals surface area contributed by atoms with Crippen LogP contribution in [0.2, 0.25) is 0 Å². The van der Waals surface area contributed by atoms with E-state index in [1.807, 2.05) is 20.8 Å². The summed E-state index contributed by atoms with van der Waals surface area (Å²) in [4.78, 5) is 0. The van der Waals surface area contributed by atoms with Crippen LogP contribution in [0.5, 0.6) is 0 Å². The number of unbranched alkanes of at least 4 members (excludes halogenated alkanes) is 2. The van der Waals surface area contributed by atoms with Crippen LogP contribution < -0.4 is 0 Å². The van der Waals surface area contributed by atoms with Crippen LogP contribution in [0.3, 0.4) is 0 Å². The molecule has 1 atom stereocenters. The number of hydrogen-bond donors (Lipinski definition) is 0. The van der Waals surface area contributed by atoms with Gasteiger partial charge in [0.05, 0.1) is 4.75 Å². The molecule has 0 bridgehead atoms. The molecule has 0 heterocycles. The van der Waals surface area contributed by atoms with Gasteiger partial charge in [-0.05, 0) is 46.5 Å². The number of rotatable bonds is 7. The molecule has 2 nitrogen and oxygen atoms in total. The molecular formula is C13H27NOS. The van der Waals surface area contributed by atoms with Crippen LogP contribution in [0.15, 0.2) is 4.40 Å². The molecule has 0 amide bonds. The van der Waals surface area contributed by atoms with Crippen LogP contribution in [0.25, 0.3) is 0 Å². The van der Waals surface area contributed by atoms with Crippen LogP contribution in [-0.2, 0) is 11.0 Å². The molecule has 0 N–H and O–H groups in total. The van der Waals surface area contributed by atoms with Crippen molar-refractivity contribution in [2.24, 2.45) is 4.40 Å². The molecule has 0 aromatic heterocycles. The molecule has 0 aliphatic heterocycles. The Hall–Kier alpha value is -0.180. The molecule has 0 radical (unpaired) electrons. The maximum absolute atomic E-state index is 11.9. The minimum atomic E-state index is -1.09. The number of hydrogen-bond acceptors (Lipinski definition) is 1. The maximum Gasteiger partial charge on any atom is 0.144 e. The van der Waals surface area contributed by atoms with E-state index in [2.05, 4.69) is 18.2 Å². The third-order valence-corrected chi connectivity index (χ3v) is 3.85. The predicted molar refractivity (Wildman–Crippen MR) is 74.4 cm³/mol. The summed E-state index contributed by atoms with van der Waals surface area (Å²) in [5, 5.41) is 0. The summed E-state index contributed by atoms with van der Waals surface area (Å²) < 4.78 is 16.1. The first-order chi connectivity index (χ1) is 7.41. The van der Waals surface area contributed by atoms with E-state index in [1.54, 1.807) is 0 Å². The predicted octanol–water partition coefficient (Wildman–Crippen LogP) is 4.27. The molecule has 0 aromatic carbocycles. The van der Waals surface area contributed by atoms with Gasteiger partial charge in [-0.3, -0.25) is 0 Å². The molecule has 96 valence electrons. The summed E-state index contributed by atoms with van der Waals surface area (Å²) >= 11 is 0. The highest BCUT2D eigenvalue weighted by atomic mass is 32.2. The second-order valence-corrected chi connectivity index (χ2v) is 7.13. The Labute approximate surface area is 104 Å². The fourth-order valence-corrected chi connectivity index (χ4v) is 1.92. The highest BCUT2D eigenvalue weighted by Crippen LogP contribution is 2.15. The molecule has 0 unspecified atom stereocenters. The zero-order chi connectivity index (χ0) is 12.6. The van der Waals surface area contributed by atoms with Gasteiger partial charge in [0.1, 0.15) is 11.0 Å². The summed E-state index contributed by atoms with van der Waals surface area (Å²) in [5.74, 6) is 0. The molecule has 0 spiro atoms. The molecule has 0 aliphatic carbocycles. The first kappa shape index (κ1) is 15.8. The average molecular weight is 245 g/mol. The molecule has 0 rings (SSSR count). The van der Waals surface area contributed by atoms with Gasteiger partial charge in [-0.15, -0.1) is 0 Å². The van der Waals surface area contributed by atoms with Crippen molar-refractivity contribution < 1.29 is 4.21 Å². The third-order valence-electron chi connectivity index (χ3n) is 2.37. The highest BCUT2D eigenvalue weighted by molar-refractivity contribution is 7.85. The smallest absolute Gasteiger partial charge is 0.144 e. The van der Waals surface area contributed by atoms with Gasteiger partial charge in [-0.1, -0.05) is 26.7 Å². The lowest BCUT2D eigenvalue weighted by atomic mass is 10.1. The lowest BCUT2D eigenvalue weighted by molar-refractivity contribution is 0.650. The first-order valence-electron chi connectivity index (χ1n) is 6.40. The SMILES string of the molecule is CCCCC(CCCC)=N[S@](=O)C(C)(C)C. The van der Waals surface area contributed by atoms with Gasteiger partial charge >= 0.3 is 0 Å². The summed E-state index contributed by atoms with van der Waals surface area (Å²) in [7, 11) is -1.09. The molecular weight excluding hydrogens is 218 g/mol. The zero-order valence-electron chi connectivity index (χ0n) is 11.5. The second-order valence-electron chi connectivity index (χ2n) is 5.23. The van der Waals surface area contributed by atoms with E-state index in [0.717, 1.165) is 31.4 Å². The van der Waals surface area contributed by atoms with Crippen LogP contribution in [0.4, 0.5) is 0 Å². The van der Waals surface area contributed by atoms with Gasteiger partial charge in [-0.25, -0.2) is 4.21 Å². The highest BCUT2D eigenvalue weighted by Gasteiger charge is 2.19. The summed E-state index contributed by atoms with van der Waals surface area (Å²) in [6.07, 6.45) is 6.69. The topological polar surface area (TPSA) is 29.4 Å². The Morgan fingerprint density at radius 3 is 1.81 bits per heavy atom. The lowest BCUT2D eigenvalue weighted by Crippen LogP contribution is -2.21. The van der Waals surface area contributed by atoms with Crippen molar-refractivity contribution in [3.05, 3.63) is 0 Å². The monoisotopic (exact) mass is 245 g/mol. The Morgan fingerprint density at radius 2 is 1.50 bits per heavy atom. The van der Waals surface area contributed by atoms with Crippen LogP contribution in [0, 0.1) is 0 Å². The summed E-state index contributed by atoms with van der Waals surface area (Å²) in [6, 6.07) is 0. The fourth-order valence-electron chi connectivity index (χ4n) is 1.23. The molecule has 0 aromatic rings. The Kier molecular flexibility index (Phi) is 7.90. The van der Waals surface area contributed by atoms with Gasteiger partial charge in [0.2, 0.25) is 0 Å². The third kappa shape index (κ3) is 7.15. The van der Waals surface area contributed by atoms with E-state index in [9.17, 15) is 4.21 Å². The van der Waals surface area contributed by atoms with Crippen LogP contribution in [0.1, 0.15) is 73.1 Å². The lowest BCUT2D eigenvalue weighted by Gasteiger charge is -2.15. The summed E-state index contributed by atoms with van der Waals surface area (Å²) in [5.41, 5.74) is 1.15. The molecule has 3 heteroatoms. The van der Waals surface area contributed by atoms with Gasteiger partial charge in [0.25, 0.3) is 0 Å². The van der Waals surface area contributed by atoms with Crippen molar-refractivity contribution >= 4 is 16.7 Å². The number of nitrogens with zero attached hydrogens (tertiary/aromatic N) is 1. The van der Waals surface area contributed by atoms with Crippen molar-refractivity contribution in [3.63, 3.8) is 0 Å². The van der Waals surface area contributed by atoms with Crippen LogP contribution in [-0.4, -0.2) is 14.7 Å². The molecule has 16 heavy (non-hydrogen) atoms. The average Bonchev–Trinajstić information content (AvgIpc) is 2.20. The minimum absolute atomic E-state index is 0.232. The van der Waals surface area contributed by atoms with Gasteiger partial charge < -0.3 is 0 Å². The molecule has 0 aliphatic rings. The van der Waals surface area contributed by atoms with E-state index >= 15 is 0 Å². The normalized spacial score (nSPS) is 13.6. The Balaban J connectivity index is 4.47. The van der Waals surface area contributed by atoms with Crippen molar-refractivity contribution in [1.82, 2.24) is 0 Å². The van der Waals surface area contributed by atoms with Crippen molar-refractivity contribution in [1.29, 1.82) is 0 Å². The van der Waals surface area contributed by atoms with Gasteiger partial charge in [0, 0.05) is 5.71 Å². The van der Waals surface area contributed by atoms with E-state index in [1.165, 1.54) is 12.8 Å². The largest absolute Gasteiger partial charge is 0.234 e. The van der Waals surface area contributed by atoms with Gasteiger partial charge in [-0.2, -0.15) is 4.40 Å². The van der Waals surface area contributed by atoms with E-state index in [-0.39, 0.29) is 4.75 Å². The molecule has 0 saturated heterocycles. The van der Waals surface area contributed by atoms with Crippen molar-refractivity contribution in [2.45, 2.75) is 77.9 Å². The Bertz CT molecular complexity index is 231. The van der Waals surface area contributed by atoms with E-state index in [4.69, 9.17) is 0 Å². The maximum atomic E-state index is 11.9. The summed E-state index contributed by atoms with van der Waals surface area (Å²) in [6.45, 7) is 10.3.